The molecule has 3 atom stereocenters. The summed E-state index contributed by atoms with van der Waals surface area (Å²) in [5.74, 6) is -1.11. The van der Waals surface area contributed by atoms with Gasteiger partial charge in [0.1, 0.15) is 6.04 Å². The van der Waals surface area contributed by atoms with Crippen LogP contribution >= 0.6 is 11.3 Å². The predicted octanol–water partition coefficient (Wildman–Crippen LogP) is 3.39. The second-order valence-electron chi connectivity index (χ2n) is 5.18. The summed E-state index contributed by atoms with van der Waals surface area (Å²) in [4.78, 5) is 24.4. The van der Waals surface area contributed by atoms with E-state index in [9.17, 15) is 14.7 Å². The van der Waals surface area contributed by atoms with E-state index in [1.165, 1.54) is 0 Å². The highest BCUT2D eigenvalue weighted by Crippen LogP contribution is 2.23. The summed E-state index contributed by atoms with van der Waals surface area (Å²) in [6.07, 6.45) is 2.46. The Kier molecular flexibility index (Phi) is 7.22. The van der Waals surface area contributed by atoms with Crippen LogP contribution in [0.15, 0.2) is 17.5 Å². The van der Waals surface area contributed by atoms with Crippen molar-refractivity contribution in [3.63, 3.8) is 0 Å². The molecule has 0 bridgehead atoms. The van der Waals surface area contributed by atoms with Crippen LogP contribution in [0.5, 0.6) is 0 Å². The van der Waals surface area contributed by atoms with Crippen molar-refractivity contribution in [2.75, 3.05) is 0 Å². The normalized spacial score (nSPS) is 15.0. The van der Waals surface area contributed by atoms with Crippen molar-refractivity contribution in [3.05, 3.63) is 22.4 Å². The van der Waals surface area contributed by atoms with Crippen LogP contribution in [0.1, 0.15) is 51.0 Å². The summed E-state index contributed by atoms with van der Waals surface area (Å²) in [7, 11) is 0. The summed E-state index contributed by atoms with van der Waals surface area (Å²) >= 11 is 1.59. The van der Waals surface area contributed by atoms with E-state index in [1.54, 1.807) is 11.3 Å². The molecule has 0 fully saturated rings. The van der Waals surface area contributed by atoms with Crippen molar-refractivity contribution in [3.8, 4) is 0 Å². The lowest BCUT2D eigenvalue weighted by Gasteiger charge is -2.23. The zero-order valence-corrected chi connectivity index (χ0v) is 13.6. The van der Waals surface area contributed by atoms with E-state index >= 15 is 0 Å². The summed E-state index contributed by atoms with van der Waals surface area (Å²) < 4.78 is 0. The fourth-order valence-electron chi connectivity index (χ4n) is 2.09. The molecule has 0 aliphatic rings. The summed E-state index contributed by atoms with van der Waals surface area (Å²) in [5, 5.41) is 16.6. The molecule has 0 saturated heterocycles. The number of hydrogen-bond acceptors (Lipinski definition) is 3. The molecule has 1 aromatic rings. The molecule has 3 unspecified atom stereocenters. The van der Waals surface area contributed by atoms with Gasteiger partial charge in [0.2, 0.25) is 0 Å². The maximum atomic E-state index is 12.1. The van der Waals surface area contributed by atoms with E-state index in [1.807, 2.05) is 31.4 Å². The third kappa shape index (κ3) is 5.38. The Morgan fingerprint density at radius 3 is 2.52 bits per heavy atom. The Hall–Kier alpha value is -1.56. The predicted molar refractivity (Wildman–Crippen MR) is 84.5 cm³/mol. The lowest BCUT2D eigenvalue weighted by Crippen LogP contribution is -2.49. The van der Waals surface area contributed by atoms with Gasteiger partial charge in [-0.2, -0.15) is 0 Å². The number of aliphatic carboxylic acids is 1. The van der Waals surface area contributed by atoms with Crippen LogP contribution in [-0.4, -0.2) is 23.1 Å². The van der Waals surface area contributed by atoms with E-state index in [4.69, 9.17) is 0 Å². The van der Waals surface area contributed by atoms with Crippen LogP contribution in [0, 0.1) is 5.92 Å². The van der Waals surface area contributed by atoms with Crippen LogP contribution in [0.3, 0.4) is 0 Å². The quantitative estimate of drug-likeness (QED) is 0.688. The first-order valence-electron chi connectivity index (χ1n) is 7.32. The number of carboxylic acid groups (broad SMARTS) is 1. The van der Waals surface area contributed by atoms with Crippen LogP contribution in [0.2, 0.25) is 0 Å². The van der Waals surface area contributed by atoms with Crippen molar-refractivity contribution >= 4 is 23.3 Å². The Morgan fingerprint density at radius 1 is 1.33 bits per heavy atom. The van der Waals surface area contributed by atoms with E-state index in [0.717, 1.165) is 17.7 Å². The molecular weight excluding hydrogens is 288 g/mol. The van der Waals surface area contributed by atoms with Crippen LogP contribution in [0.4, 0.5) is 4.79 Å². The van der Waals surface area contributed by atoms with E-state index in [2.05, 4.69) is 17.6 Å². The Labute approximate surface area is 129 Å². The Balaban J connectivity index is 2.67. The number of urea groups is 1. The van der Waals surface area contributed by atoms with Crippen molar-refractivity contribution in [1.29, 1.82) is 0 Å². The Bertz CT molecular complexity index is 448. The number of hydrogen-bond donors (Lipinski definition) is 3. The zero-order chi connectivity index (χ0) is 15.8. The molecule has 21 heavy (non-hydrogen) atoms. The minimum atomic E-state index is -0.998. The minimum Gasteiger partial charge on any atom is -0.480 e. The maximum absolute atomic E-state index is 12.1. The number of nitrogens with one attached hydrogen (secondary N) is 2. The monoisotopic (exact) mass is 312 g/mol. The number of amides is 2. The van der Waals surface area contributed by atoms with Crippen molar-refractivity contribution in [2.24, 2.45) is 5.92 Å². The first kappa shape index (κ1) is 17.5. The van der Waals surface area contributed by atoms with Gasteiger partial charge in [-0.25, -0.2) is 9.59 Å². The van der Waals surface area contributed by atoms with Crippen LogP contribution < -0.4 is 10.6 Å². The van der Waals surface area contributed by atoms with Gasteiger partial charge in [-0.15, -0.1) is 11.3 Å². The molecule has 0 aromatic carbocycles. The molecule has 1 heterocycles. The summed E-state index contributed by atoms with van der Waals surface area (Å²) in [5.41, 5.74) is 0. The first-order valence-corrected chi connectivity index (χ1v) is 8.20. The topological polar surface area (TPSA) is 78.4 Å². The molecule has 118 valence electrons. The lowest BCUT2D eigenvalue weighted by molar-refractivity contribution is -0.140. The molecule has 5 nitrogen and oxygen atoms in total. The number of carboxylic acids is 1. The SMILES string of the molecule is CCCC(NC(=O)NC(C(=O)O)C(C)CC)c1cccs1. The maximum Gasteiger partial charge on any atom is 0.326 e. The van der Waals surface area contributed by atoms with Crippen LogP contribution in [0.25, 0.3) is 0 Å². The van der Waals surface area contributed by atoms with Gasteiger partial charge in [0.15, 0.2) is 0 Å². The highest BCUT2D eigenvalue weighted by molar-refractivity contribution is 7.10. The third-order valence-electron chi connectivity index (χ3n) is 3.53. The zero-order valence-electron chi connectivity index (χ0n) is 12.8. The average Bonchev–Trinajstić information content (AvgIpc) is 2.97. The molecule has 2 amide bonds. The fourth-order valence-corrected chi connectivity index (χ4v) is 2.90. The molecule has 1 aromatic heterocycles. The number of rotatable bonds is 8. The third-order valence-corrected chi connectivity index (χ3v) is 4.52. The minimum absolute atomic E-state index is 0.0682. The van der Waals surface area contributed by atoms with Crippen LogP contribution in [-0.2, 0) is 4.79 Å². The Morgan fingerprint density at radius 2 is 2.05 bits per heavy atom. The van der Waals surface area contributed by atoms with E-state index in [0.29, 0.717) is 6.42 Å². The highest BCUT2D eigenvalue weighted by Gasteiger charge is 2.26. The molecule has 0 aliphatic carbocycles. The van der Waals surface area contributed by atoms with E-state index < -0.39 is 18.0 Å². The molecule has 0 radical (unpaired) electrons. The van der Waals surface area contributed by atoms with Gasteiger partial charge in [0.25, 0.3) is 0 Å². The van der Waals surface area contributed by atoms with Crippen molar-refractivity contribution in [1.82, 2.24) is 10.6 Å². The molecule has 0 spiro atoms. The largest absolute Gasteiger partial charge is 0.480 e. The highest BCUT2D eigenvalue weighted by atomic mass is 32.1. The number of carbonyl (C=O) groups is 2. The lowest BCUT2D eigenvalue weighted by atomic mass is 9.99. The average molecular weight is 312 g/mol. The van der Waals surface area contributed by atoms with Gasteiger partial charge in [-0.05, 0) is 23.8 Å². The molecule has 6 heteroatoms. The smallest absolute Gasteiger partial charge is 0.326 e. The van der Waals surface area contributed by atoms with Gasteiger partial charge < -0.3 is 15.7 Å². The summed E-state index contributed by atoms with van der Waals surface area (Å²) in [6, 6.07) is 2.58. The van der Waals surface area contributed by atoms with Gasteiger partial charge >= 0.3 is 12.0 Å². The first-order chi connectivity index (χ1) is 9.99. The van der Waals surface area contributed by atoms with Gasteiger partial charge in [-0.1, -0.05) is 39.7 Å². The fraction of sp³-hybridized carbons (Fsp3) is 0.600. The molecular formula is C15H24N2O3S. The van der Waals surface area contributed by atoms with Gasteiger partial charge in [-0.3, -0.25) is 0 Å². The molecule has 1 rings (SSSR count). The number of carbonyl (C=O) groups excluding carboxylic acids is 1. The van der Waals surface area contributed by atoms with Crippen molar-refractivity contribution in [2.45, 2.75) is 52.1 Å². The second kappa shape index (κ2) is 8.67. The standard InChI is InChI=1S/C15H24N2O3S/c1-4-7-11(12-8-6-9-21-12)16-15(20)17-13(14(18)19)10(3)5-2/h6,8-11,13H,4-5,7H2,1-3H3,(H,18,19)(H2,16,17,20). The van der Waals surface area contributed by atoms with Crippen molar-refractivity contribution < 1.29 is 14.7 Å². The summed E-state index contributed by atoms with van der Waals surface area (Å²) in [6.45, 7) is 5.78. The van der Waals surface area contributed by atoms with Gasteiger partial charge in [0, 0.05) is 4.88 Å². The molecule has 3 N–H and O–H groups in total. The van der Waals surface area contributed by atoms with E-state index in [-0.39, 0.29) is 12.0 Å². The molecule has 0 saturated carbocycles. The van der Waals surface area contributed by atoms with Gasteiger partial charge in [0.05, 0.1) is 6.04 Å². The number of thiophene rings is 1. The molecule has 0 aliphatic heterocycles. The second-order valence-corrected chi connectivity index (χ2v) is 6.16.